The summed E-state index contributed by atoms with van der Waals surface area (Å²) in [5.74, 6) is -0.284. The molecule has 2 N–H and O–H groups in total. The Labute approximate surface area is 121 Å². The molecule has 0 aromatic carbocycles. The second-order valence-electron chi connectivity index (χ2n) is 5.62. The highest BCUT2D eigenvalue weighted by atomic mass is 16.3. The van der Waals surface area contributed by atoms with E-state index in [4.69, 9.17) is 0 Å². The van der Waals surface area contributed by atoms with Gasteiger partial charge in [-0.1, -0.05) is 55.5 Å². The van der Waals surface area contributed by atoms with E-state index >= 15 is 0 Å². The number of hydrogen-bond acceptors (Lipinski definition) is 3. The summed E-state index contributed by atoms with van der Waals surface area (Å²) in [6, 6.07) is 0. The molecule has 0 saturated carbocycles. The highest BCUT2D eigenvalue weighted by Crippen LogP contribution is 2.25. The Bertz CT molecular complexity index is 451. The van der Waals surface area contributed by atoms with Crippen molar-refractivity contribution in [2.75, 3.05) is 0 Å². The Balaban J connectivity index is 0.000000217. The van der Waals surface area contributed by atoms with Gasteiger partial charge in [0.15, 0.2) is 0 Å². The number of Topliss-reactive ketones (excluding diaryl/α,β-unsaturated/α-hetero) is 1. The van der Waals surface area contributed by atoms with Crippen LogP contribution in [0.1, 0.15) is 33.6 Å². The van der Waals surface area contributed by atoms with E-state index in [-0.39, 0.29) is 11.7 Å². The lowest BCUT2D eigenvalue weighted by Gasteiger charge is -2.28. The van der Waals surface area contributed by atoms with Gasteiger partial charge in [-0.2, -0.15) is 0 Å². The molecule has 0 saturated heterocycles. The number of rotatable bonds is 2. The van der Waals surface area contributed by atoms with Crippen molar-refractivity contribution in [2.45, 2.75) is 44.8 Å². The third-order valence-electron chi connectivity index (χ3n) is 3.41. The van der Waals surface area contributed by atoms with Crippen molar-refractivity contribution in [3.63, 3.8) is 0 Å². The highest BCUT2D eigenvalue weighted by Gasteiger charge is 2.32. The first-order valence-electron chi connectivity index (χ1n) is 6.96. The number of carbonyl (C=O) groups is 1. The van der Waals surface area contributed by atoms with Crippen LogP contribution in [0.25, 0.3) is 0 Å². The van der Waals surface area contributed by atoms with Crippen LogP contribution in [0.5, 0.6) is 0 Å². The van der Waals surface area contributed by atoms with Crippen molar-refractivity contribution in [1.82, 2.24) is 0 Å². The van der Waals surface area contributed by atoms with Gasteiger partial charge in [0.05, 0.1) is 17.1 Å². The van der Waals surface area contributed by atoms with E-state index in [0.29, 0.717) is 6.42 Å². The first-order valence-corrected chi connectivity index (χ1v) is 6.96. The molecule has 3 unspecified atom stereocenters. The molecule has 110 valence electrons. The fraction of sp³-hybridized carbons (Fsp3) is 0.471. The van der Waals surface area contributed by atoms with E-state index < -0.39 is 11.2 Å². The van der Waals surface area contributed by atoms with Crippen LogP contribution in [0.3, 0.4) is 0 Å². The summed E-state index contributed by atoms with van der Waals surface area (Å²) in [6.07, 6.45) is 15.8. The average molecular weight is 276 g/mol. The SMILES string of the molecule is CC1(O)C=CC=CC1.CCC(=O)C1C=CC=CC1(C)O. The van der Waals surface area contributed by atoms with Crippen molar-refractivity contribution in [1.29, 1.82) is 0 Å². The van der Waals surface area contributed by atoms with Crippen LogP contribution in [0.4, 0.5) is 0 Å². The number of ketones is 1. The summed E-state index contributed by atoms with van der Waals surface area (Å²) < 4.78 is 0. The molecule has 3 atom stereocenters. The van der Waals surface area contributed by atoms with Gasteiger partial charge in [-0.3, -0.25) is 4.79 Å². The lowest BCUT2D eigenvalue weighted by molar-refractivity contribution is -0.126. The lowest BCUT2D eigenvalue weighted by Crippen LogP contribution is -2.37. The zero-order chi connectivity index (χ0) is 15.2. The Hall–Kier alpha value is -1.45. The zero-order valence-electron chi connectivity index (χ0n) is 12.4. The van der Waals surface area contributed by atoms with Gasteiger partial charge >= 0.3 is 0 Å². The maximum atomic E-state index is 11.3. The number of carbonyl (C=O) groups excluding carboxylic acids is 1. The van der Waals surface area contributed by atoms with E-state index in [1.54, 1.807) is 44.2 Å². The minimum atomic E-state index is -0.998. The second kappa shape index (κ2) is 6.82. The first-order chi connectivity index (χ1) is 9.28. The molecule has 0 bridgehead atoms. The molecule has 20 heavy (non-hydrogen) atoms. The van der Waals surface area contributed by atoms with E-state index in [0.717, 1.165) is 6.42 Å². The predicted molar refractivity (Wildman–Crippen MR) is 81.2 cm³/mol. The molecular weight excluding hydrogens is 252 g/mol. The molecule has 0 aromatic rings. The van der Waals surface area contributed by atoms with Gasteiger partial charge in [-0.25, -0.2) is 0 Å². The van der Waals surface area contributed by atoms with Gasteiger partial charge in [0.2, 0.25) is 0 Å². The highest BCUT2D eigenvalue weighted by molar-refractivity contribution is 5.84. The lowest BCUT2D eigenvalue weighted by atomic mass is 9.82. The molecule has 0 aliphatic heterocycles. The molecule has 3 heteroatoms. The van der Waals surface area contributed by atoms with Crippen molar-refractivity contribution in [3.05, 3.63) is 48.6 Å². The molecule has 0 aromatic heterocycles. The summed E-state index contributed by atoms with van der Waals surface area (Å²) in [7, 11) is 0. The Morgan fingerprint density at radius 3 is 2.20 bits per heavy atom. The summed E-state index contributed by atoms with van der Waals surface area (Å²) in [5, 5.41) is 19.0. The first kappa shape index (κ1) is 16.6. The average Bonchev–Trinajstić information content (AvgIpc) is 2.38. The van der Waals surface area contributed by atoms with Gasteiger partial charge in [0.25, 0.3) is 0 Å². The molecule has 0 amide bonds. The van der Waals surface area contributed by atoms with Gasteiger partial charge < -0.3 is 10.2 Å². The molecule has 2 aliphatic rings. The zero-order valence-corrected chi connectivity index (χ0v) is 12.4. The standard InChI is InChI=1S/C10H14O2.C7H10O/c1-3-9(11)8-6-4-5-7-10(8,2)12;1-7(8)5-3-2-4-6-7/h4-8,12H,3H2,1-2H3;2-5,8H,6H2,1H3. The van der Waals surface area contributed by atoms with Gasteiger partial charge in [-0.05, 0) is 20.3 Å². The van der Waals surface area contributed by atoms with Crippen molar-refractivity contribution in [2.24, 2.45) is 5.92 Å². The van der Waals surface area contributed by atoms with Gasteiger partial charge in [-0.15, -0.1) is 0 Å². The largest absolute Gasteiger partial charge is 0.386 e. The van der Waals surface area contributed by atoms with Gasteiger partial charge in [0.1, 0.15) is 5.78 Å². The van der Waals surface area contributed by atoms with E-state index in [9.17, 15) is 15.0 Å². The third kappa shape index (κ3) is 4.91. The van der Waals surface area contributed by atoms with Crippen LogP contribution in [-0.2, 0) is 4.79 Å². The van der Waals surface area contributed by atoms with E-state index in [1.165, 1.54) is 0 Å². The number of allylic oxidation sites excluding steroid dienone is 4. The smallest absolute Gasteiger partial charge is 0.142 e. The fourth-order valence-electron chi connectivity index (χ4n) is 2.09. The normalized spacial score (nSPS) is 34.5. The second-order valence-corrected chi connectivity index (χ2v) is 5.62. The van der Waals surface area contributed by atoms with Gasteiger partial charge in [0, 0.05) is 6.42 Å². The molecule has 0 fully saturated rings. The quantitative estimate of drug-likeness (QED) is 0.815. The van der Waals surface area contributed by atoms with Crippen molar-refractivity contribution >= 4 is 5.78 Å². The summed E-state index contributed by atoms with van der Waals surface area (Å²) in [6.45, 7) is 5.27. The summed E-state index contributed by atoms with van der Waals surface area (Å²) >= 11 is 0. The number of aliphatic hydroxyl groups is 2. The van der Waals surface area contributed by atoms with Crippen molar-refractivity contribution in [3.8, 4) is 0 Å². The molecule has 3 nitrogen and oxygen atoms in total. The Morgan fingerprint density at radius 1 is 1.15 bits per heavy atom. The van der Waals surface area contributed by atoms with Crippen LogP contribution in [0, 0.1) is 5.92 Å². The summed E-state index contributed by atoms with van der Waals surface area (Å²) in [4.78, 5) is 11.3. The molecular formula is C17H24O3. The van der Waals surface area contributed by atoms with E-state index in [1.807, 2.05) is 25.2 Å². The van der Waals surface area contributed by atoms with Crippen LogP contribution in [0.2, 0.25) is 0 Å². The topological polar surface area (TPSA) is 57.5 Å². The number of hydrogen-bond donors (Lipinski definition) is 2. The maximum absolute atomic E-state index is 11.3. The predicted octanol–water partition coefficient (Wildman–Crippen LogP) is 2.71. The minimum absolute atomic E-state index is 0.0839. The van der Waals surface area contributed by atoms with Crippen LogP contribution in [-0.4, -0.2) is 27.2 Å². The van der Waals surface area contributed by atoms with Crippen LogP contribution < -0.4 is 0 Å². The van der Waals surface area contributed by atoms with E-state index in [2.05, 4.69) is 0 Å². The molecule has 2 rings (SSSR count). The maximum Gasteiger partial charge on any atom is 0.142 e. The minimum Gasteiger partial charge on any atom is -0.386 e. The third-order valence-corrected chi connectivity index (χ3v) is 3.41. The molecule has 0 spiro atoms. The Morgan fingerprint density at radius 2 is 1.80 bits per heavy atom. The Kier molecular flexibility index (Phi) is 5.66. The molecule has 0 radical (unpaired) electrons. The monoisotopic (exact) mass is 276 g/mol. The summed E-state index contributed by atoms with van der Waals surface area (Å²) in [5.41, 5.74) is -1.59. The molecule has 2 aliphatic carbocycles. The van der Waals surface area contributed by atoms with Crippen LogP contribution in [0.15, 0.2) is 48.6 Å². The van der Waals surface area contributed by atoms with Crippen molar-refractivity contribution < 1.29 is 15.0 Å². The molecule has 0 heterocycles. The fourth-order valence-corrected chi connectivity index (χ4v) is 2.09. The van der Waals surface area contributed by atoms with Crippen LogP contribution >= 0.6 is 0 Å².